The van der Waals surface area contributed by atoms with Gasteiger partial charge >= 0.3 is 0 Å². The van der Waals surface area contributed by atoms with E-state index in [4.69, 9.17) is 0 Å². The fourth-order valence-corrected chi connectivity index (χ4v) is 0.999. The van der Waals surface area contributed by atoms with Gasteiger partial charge in [-0.1, -0.05) is 18.6 Å². The number of allylic oxidation sites excluding steroid dienone is 2. The first-order valence-corrected chi connectivity index (χ1v) is 4.82. The van der Waals surface area contributed by atoms with Gasteiger partial charge in [-0.05, 0) is 39.5 Å². The first-order valence-electron chi connectivity index (χ1n) is 4.82. The van der Waals surface area contributed by atoms with Crippen molar-refractivity contribution in [1.82, 2.24) is 0 Å². The summed E-state index contributed by atoms with van der Waals surface area (Å²) in [6, 6.07) is 0. The van der Waals surface area contributed by atoms with Crippen LogP contribution >= 0.6 is 0 Å². The average Bonchev–Trinajstić information content (AvgIpc) is 2.07. The molecular weight excluding hydrogens is 148 g/mol. The molecule has 1 rings (SSSR count). The van der Waals surface area contributed by atoms with Gasteiger partial charge in [-0.3, -0.25) is 0 Å². The van der Waals surface area contributed by atoms with Crippen LogP contribution in [0.25, 0.3) is 0 Å². The van der Waals surface area contributed by atoms with Crippen molar-refractivity contribution in [2.24, 2.45) is 0 Å². The summed E-state index contributed by atoms with van der Waals surface area (Å²) in [5.41, 5.74) is 1.59. The third-order valence-corrected chi connectivity index (χ3v) is 2.02. The minimum atomic E-state index is 0.255. The Morgan fingerprint density at radius 3 is 2.25 bits per heavy atom. The highest BCUT2D eigenvalue weighted by molar-refractivity contribution is 5.74. The normalized spacial score (nSPS) is 15.8. The van der Waals surface area contributed by atoms with E-state index in [2.05, 4.69) is 13.0 Å². The Balaban J connectivity index is 0.000000217. The van der Waals surface area contributed by atoms with Gasteiger partial charge in [0.2, 0.25) is 0 Å². The largest absolute Gasteiger partial charge is 0.300 e. The van der Waals surface area contributed by atoms with E-state index in [9.17, 15) is 4.79 Å². The summed E-state index contributed by atoms with van der Waals surface area (Å²) in [6.45, 7) is 5.65. The van der Waals surface area contributed by atoms with Crippen molar-refractivity contribution in [3.63, 3.8) is 0 Å². The monoisotopic (exact) mass is 168 g/mol. The topological polar surface area (TPSA) is 17.1 Å². The molecule has 0 atom stereocenters. The summed E-state index contributed by atoms with van der Waals surface area (Å²) < 4.78 is 0. The Morgan fingerprint density at radius 1 is 1.50 bits per heavy atom. The molecule has 1 heteroatoms. The number of hydrogen-bond donors (Lipinski definition) is 0. The van der Waals surface area contributed by atoms with E-state index in [1.807, 2.05) is 6.92 Å². The van der Waals surface area contributed by atoms with Crippen LogP contribution in [-0.2, 0) is 4.79 Å². The van der Waals surface area contributed by atoms with Crippen LogP contribution in [0.4, 0.5) is 0 Å². The maximum absolute atomic E-state index is 9.81. The predicted molar refractivity (Wildman–Crippen MR) is 53.2 cm³/mol. The van der Waals surface area contributed by atoms with Crippen molar-refractivity contribution in [3.05, 3.63) is 11.6 Å². The Morgan fingerprint density at radius 2 is 2.08 bits per heavy atom. The van der Waals surface area contributed by atoms with Gasteiger partial charge in [-0.15, -0.1) is 0 Å². The zero-order valence-electron chi connectivity index (χ0n) is 8.52. The molecule has 12 heavy (non-hydrogen) atoms. The van der Waals surface area contributed by atoms with E-state index in [1.54, 1.807) is 12.5 Å². The van der Waals surface area contributed by atoms with E-state index < -0.39 is 0 Å². The molecule has 0 saturated heterocycles. The molecule has 0 aliphatic heterocycles. The molecule has 0 heterocycles. The molecule has 0 N–H and O–H groups in total. The highest BCUT2D eigenvalue weighted by Crippen LogP contribution is 2.15. The number of ketones is 1. The molecule has 0 spiro atoms. The quantitative estimate of drug-likeness (QED) is 0.548. The van der Waals surface area contributed by atoms with Crippen molar-refractivity contribution in [1.29, 1.82) is 0 Å². The minimum Gasteiger partial charge on any atom is -0.300 e. The highest BCUT2D eigenvalue weighted by atomic mass is 16.1. The van der Waals surface area contributed by atoms with Crippen LogP contribution in [0.2, 0.25) is 0 Å². The number of rotatable bonds is 1. The Hall–Kier alpha value is -0.590. The number of Topliss-reactive ketones (excluding diaryl/α,β-unsaturated/α-hetero) is 1. The molecular formula is C11H20O. The molecule has 0 fully saturated rings. The minimum absolute atomic E-state index is 0.255. The molecule has 0 unspecified atom stereocenters. The number of carbonyl (C=O) groups is 1. The van der Waals surface area contributed by atoms with Crippen molar-refractivity contribution in [3.8, 4) is 0 Å². The lowest BCUT2D eigenvalue weighted by molar-refractivity contribution is -0.116. The molecule has 0 aromatic carbocycles. The van der Waals surface area contributed by atoms with Gasteiger partial charge < -0.3 is 4.79 Å². The standard InChI is InChI=1S/C7H12.C4H8O/c1-7-5-3-2-4-6-7;1-3-4(2)5/h5H,2-4,6H2,1H3;3H2,1-2H3. The lowest BCUT2D eigenvalue weighted by atomic mass is 10.0. The van der Waals surface area contributed by atoms with Crippen LogP contribution in [-0.4, -0.2) is 5.78 Å². The molecule has 0 radical (unpaired) electrons. The zero-order valence-corrected chi connectivity index (χ0v) is 8.52. The van der Waals surface area contributed by atoms with Crippen LogP contribution in [0.15, 0.2) is 11.6 Å². The van der Waals surface area contributed by atoms with Crippen LogP contribution in [0.5, 0.6) is 0 Å². The molecule has 0 amide bonds. The smallest absolute Gasteiger partial charge is 0.129 e. The van der Waals surface area contributed by atoms with Crippen molar-refractivity contribution >= 4 is 5.78 Å². The Labute approximate surface area is 75.9 Å². The lowest BCUT2D eigenvalue weighted by Crippen LogP contribution is -1.85. The second-order valence-corrected chi connectivity index (χ2v) is 3.35. The van der Waals surface area contributed by atoms with Gasteiger partial charge in [0.25, 0.3) is 0 Å². The Bertz CT molecular complexity index is 156. The molecule has 0 bridgehead atoms. The summed E-state index contributed by atoms with van der Waals surface area (Å²) >= 11 is 0. The van der Waals surface area contributed by atoms with Gasteiger partial charge in [-0.2, -0.15) is 0 Å². The van der Waals surface area contributed by atoms with E-state index in [1.165, 1.54) is 25.7 Å². The molecule has 1 aliphatic carbocycles. The molecule has 1 nitrogen and oxygen atoms in total. The van der Waals surface area contributed by atoms with Crippen molar-refractivity contribution < 1.29 is 4.79 Å². The average molecular weight is 168 g/mol. The predicted octanol–water partition coefficient (Wildman–Crippen LogP) is 3.49. The maximum Gasteiger partial charge on any atom is 0.129 e. The van der Waals surface area contributed by atoms with Crippen molar-refractivity contribution in [2.75, 3.05) is 0 Å². The summed E-state index contributed by atoms with van der Waals surface area (Å²) in [7, 11) is 0. The fraction of sp³-hybridized carbons (Fsp3) is 0.727. The summed E-state index contributed by atoms with van der Waals surface area (Å²) in [5, 5.41) is 0. The summed E-state index contributed by atoms with van der Waals surface area (Å²) in [6.07, 6.45) is 8.52. The van der Waals surface area contributed by atoms with E-state index in [0.29, 0.717) is 6.42 Å². The van der Waals surface area contributed by atoms with Gasteiger partial charge in [0, 0.05) is 6.42 Å². The van der Waals surface area contributed by atoms with Crippen LogP contribution in [0.1, 0.15) is 52.9 Å². The highest BCUT2D eigenvalue weighted by Gasteiger charge is 1.95. The number of hydrogen-bond acceptors (Lipinski definition) is 1. The third-order valence-electron chi connectivity index (χ3n) is 2.02. The molecule has 1 aliphatic rings. The van der Waals surface area contributed by atoms with Gasteiger partial charge in [0.05, 0.1) is 0 Å². The van der Waals surface area contributed by atoms with E-state index in [0.717, 1.165) is 0 Å². The number of carbonyl (C=O) groups excluding carboxylic acids is 1. The fourth-order valence-electron chi connectivity index (χ4n) is 0.999. The van der Waals surface area contributed by atoms with Crippen molar-refractivity contribution in [2.45, 2.75) is 52.9 Å². The first kappa shape index (κ1) is 11.4. The Kier molecular flexibility index (Phi) is 6.73. The van der Waals surface area contributed by atoms with Crippen LogP contribution in [0, 0.1) is 0 Å². The van der Waals surface area contributed by atoms with Crippen LogP contribution < -0.4 is 0 Å². The SMILES string of the molecule is CC1=CCCCC1.CCC(C)=O. The molecule has 0 aromatic heterocycles. The van der Waals surface area contributed by atoms with E-state index in [-0.39, 0.29) is 5.78 Å². The van der Waals surface area contributed by atoms with E-state index >= 15 is 0 Å². The summed E-state index contributed by atoms with van der Waals surface area (Å²) in [4.78, 5) is 9.81. The second kappa shape index (κ2) is 7.08. The first-order chi connectivity index (χ1) is 5.66. The summed E-state index contributed by atoms with van der Waals surface area (Å²) in [5.74, 6) is 0.255. The van der Waals surface area contributed by atoms with Gasteiger partial charge in [-0.25, -0.2) is 0 Å². The van der Waals surface area contributed by atoms with Crippen LogP contribution in [0.3, 0.4) is 0 Å². The zero-order chi connectivity index (χ0) is 9.40. The third kappa shape index (κ3) is 7.52. The second-order valence-electron chi connectivity index (χ2n) is 3.35. The molecule has 0 saturated carbocycles. The lowest BCUT2D eigenvalue weighted by Gasteiger charge is -2.05. The van der Waals surface area contributed by atoms with Gasteiger partial charge in [0.1, 0.15) is 5.78 Å². The maximum atomic E-state index is 9.81. The van der Waals surface area contributed by atoms with Gasteiger partial charge in [0.15, 0.2) is 0 Å². The molecule has 0 aromatic rings. The molecule has 70 valence electrons.